The predicted octanol–water partition coefficient (Wildman–Crippen LogP) is 2.49. The number of halogens is 1. The van der Waals surface area contributed by atoms with Crippen LogP contribution in [-0.4, -0.2) is 9.78 Å². The van der Waals surface area contributed by atoms with E-state index in [2.05, 4.69) is 5.10 Å². The Hall–Kier alpha value is -1.36. The Balaban J connectivity index is 2.64. The van der Waals surface area contributed by atoms with Gasteiger partial charge in [0.15, 0.2) is 11.6 Å². The standard InChI is InChI=1S/C10H12FN3S/c1-5-6(2)15-4-7(5)9-8(11)10(12)14(3)13-9/h4H,12H2,1-3H3. The van der Waals surface area contributed by atoms with Crippen LogP contribution < -0.4 is 5.73 Å². The number of aryl methyl sites for hydroxylation is 2. The smallest absolute Gasteiger partial charge is 0.192 e. The highest BCUT2D eigenvalue weighted by molar-refractivity contribution is 7.10. The van der Waals surface area contributed by atoms with Gasteiger partial charge in [-0.2, -0.15) is 5.10 Å². The molecule has 0 bridgehead atoms. The first-order valence-electron chi connectivity index (χ1n) is 4.55. The van der Waals surface area contributed by atoms with Crippen molar-refractivity contribution in [1.29, 1.82) is 0 Å². The number of anilines is 1. The van der Waals surface area contributed by atoms with Crippen LogP contribution in [0.1, 0.15) is 10.4 Å². The number of nitrogens with zero attached hydrogens (tertiary/aromatic N) is 2. The van der Waals surface area contributed by atoms with Gasteiger partial charge >= 0.3 is 0 Å². The summed E-state index contributed by atoms with van der Waals surface area (Å²) in [5.74, 6) is -0.355. The van der Waals surface area contributed by atoms with Gasteiger partial charge in [-0.25, -0.2) is 9.07 Å². The maximum Gasteiger partial charge on any atom is 0.192 e. The van der Waals surface area contributed by atoms with Gasteiger partial charge in [-0.1, -0.05) is 0 Å². The summed E-state index contributed by atoms with van der Waals surface area (Å²) in [4.78, 5) is 1.17. The van der Waals surface area contributed by atoms with Crippen molar-refractivity contribution in [3.63, 3.8) is 0 Å². The van der Waals surface area contributed by atoms with Crippen LogP contribution in [0.15, 0.2) is 5.38 Å². The van der Waals surface area contributed by atoms with E-state index in [0.717, 1.165) is 11.1 Å². The van der Waals surface area contributed by atoms with Gasteiger partial charge in [0, 0.05) is 22.9 Å². The highest BCUT2D eigenvalue weighted by Crippen LogP contribution is 2.32. The van der Waals surface area contributed by atoms with Crippen LogP contribution in [0.3, 0.4) is 0 Å². The van der Waals surface area contributed by atoms with E-state index in [0.29, 0.717) is 5.69 Å². The van der Waals surface area contributed by atoms with E-state index >= 15 is 0 Å². The third-order valence-corrected chi connectivity index (χ3v) is 3.59. The fourth-order valence-corrected chi connectivity index (χ4v) is 2.30. The molecule has 0 aliphatic heterocycles. The van der Waals surface area contributed by atoms with Crippen LogP contribution in [0.25, 0.3) is 11.3 Å². The summed E-state index contributed by atoms with van der Waals surface area (Å²) in [7, 11) is 1.64. The fraction of sp³-hybridized carbons (Fsp3) is 0.300. The normalized spacial score (nSPS) is 10.9. The number of hydrogen-bond acceptors (Lipinski definition) is 3. The Labute approximate surface area is 91.3 Å². The van der Waals surface area contributed by atoms with Gasteiger partial charge in [-0.15, -0.1) is 11.3 Å². The predicted molar refractivity (Wildman–Crippen MR) is 60.4 cm³/mol. The second-order valence-corrected chi connectivity index (χ2v) is 4.59. The Kier molecular flexibility index (Phi) is 2.26. The van der Waals surface area contributed by atoms with Crippen molar-refractivity contribution >= 4 is 17.2 Å². The monoisotopic (exact) mass is 225 g/mol. The first-order chi connectivity index (χ1) is 7.02. The molecule has 0 fully saturated rings. The molecule has 2 N–H and O–H groups in total. The van der Waals surface area contributed by atoms with Crippen molar-refractivity contribution in [2.75, 3.05) is 5.73 Å². The molecule has 2 heterocycles. The molecule has 15 heavy (non-hydrogen) atoms. The Morgan fingerprint density at radius 1 is 1.47 bits per heavy atom. The zero-order valence-corrected chi connectivity index (χ0v) is 9.65. The highest BCUT2D eigenvalue weighted by Gasteiger charge is 2.18. The number of aromatic nitrogens is 2. The summed E-state index contributed by atoms with van der Waals surface area (Å²) in [5.41, 5.74) is 7.77. The fourth-order valence-electron chi connectivity index (χ4n) is 1.43. The minimum atomic E-state index is -0.432. The molecule has 2 aromatic rings. The number of nitrogen functional groups attached to an aromatic ring is 1. The van der Waals surface area contributed by atoms with Crippen molar-refractivity contribution < 1.29 is 4.39 Å². The minimum absolute atomic E-state index is 0.0771. The summed E-state index contributed by atoms with van der Waals surface area (Å²) < 4.78 is 15.1. The van der Waals surface area contributed by atoms with Crippen molar-refractivity contribution in [2.24, 2.45) is 7.05 Å². The van der Waals surface area contributed by atoms with Crippen molar-refractivity contribution in [3.8, 4) is 11.3 Å². The van der Waals surface area contributed by atoms with Crippen LogP contribution in [0, 0.1) is 19.7 Å². The quantitative estimate of drug-likeness (QED) is 0.810. The molecule has 0 atom stereocenters. The lowest BCUT2D eigenvalue weighted by Crippen LogP contribution is -1.97. The van der Waals surface area contributed by atoms with E-state index in [1.165, 1.54) is 9.56 Å². The van der Waals surface area contributed by atoms with Gasteiger partial charge in [0.1, 0.15) is 5.69 Å². The third-order valence-electron chi connectivity index (χ3n) is 2.57. The lowest BCUT2D eigenvalue weighted by atomic mass is 10.1. The first kappa shape index (κ1) is 10.2. The largest absolute Gasteiger partial charge is 0.381 e. The van der Waals surface area contributed by atoms with Crippen molar-refractivity contribution in [3.05, 3.63) is 21.6 Å². The Morgan fingerprint density at radius 3 is 2.53 bits per heavy atom. The molecule has 5 heteroatoms. The molecular weight excluding hydrogens is 213 g/mol. The van der Waals surface area contributed by atoms with E-state index in [-0.39, 0.29) is 5.82 Å². The van der Waals surface area contributed by atoms with Gasteiger partial charge in [0.25, 0.3) is 0 Å². The number of rotatable bonds is 1. The average Bonchev–Trinajstić information content (AvgIpc) is 2.64. The van der Waals surface area contributed by atoms with Gasteiger partial charge in [0.05, 0.1) is 0 Å². The van der Waals surface area contributed by atoms with E-state index in [1.807, 2.05) is 19.2 Å². The number of hydrogen-bond donors (Lipinski definition) is 1. The first-order valence-corrected chi connectivity index (χ1v) is 5.43. The van der Waals surface area contributed by atoms with E-state index in [9.17, 15) is 4.39 Å². The summed E-state index contributed by atoms with van der Waals surface area (Å²) in [5, 5.41) is 5.99. The molecule has 2 rings (SSSR count). The maximum atomic E-state index is 13.7. The molecule has 2 aromatic heterocycles. The van der Waals surface area contributed by atoms with Gasteiger partial charge < -0.3 is 5.73 Å². The molecule has 0 aliphatic rings. The van der Waals surface area contributed by atoms with Gasteiger partial charge in [0.2, 0.25) is 0 Å². The van der Waals surface area contributed by atoms with Crippen LogP contribution >= 0.6 is 11.3 Å². The zero-order chi connectivity index (χ0) is 11.2. The number of thiophene rings is 1. The minimum Gasteiger partial charge on any atom is -0.381 e. The van der Waals surface area contributed by atoms with E-state index in [1.54, 1.807) is 18.4 Å². The summed E-state index contributed by atoms with van der Waals surface area (Å²) in [6, 6.07) is 0. The molecule has 0 aromatic carbocycles. The highest BCUT2D eigenvalue weighted by atomic mass is 32.1. The van der Waals surface area contributed by atoms with Gasteiger partial charge in [-0.05, 0) is 19.4 Å². The Morgan fingerprint density at radius 2 is 2.13 bits per heavy atom. The van der Waals surface area contributed by atoms with E-state index in [4.69, 9.17) is 5.73 Å². The topological polar surface area (TPSA) is 43.8 Å². The van der Waals surface area contributed by atoms with Crippen LogP contribution in [0.2, 0.25) is 0 Å². The third kappa shape index (κ3) is 1.43. The SMILES string of the molecule is Cc1scc(-c2nn(C)c(N)c2F)c1C. The molecule has 3 nitrogen and oxygen atoms in total. The molecule has 0 saturated carbocycles. The van der Waals surface area contributed by atoms with Crippen LogP contribution in [-0.2, 0) is 7.05 Å². The molecule has 0 unspecified atom stereocenters. The average molecular weight is 225 g/mol. The summed E-state index contributed by atoms with van der Waals surface area (Å²) in [6.07, 6.45) is 0. The molecule has 80 valence electrons. The molecule has 0 radical (unpaired) electrons. The molecule has 0 spiro atoms. The molecular formula is C10H12FN3S. The molecule has 0 aliphatic carbocycles. The van der Waals surface area contributed by atoms with E-state index < -0.39 is 5.82 Å². The second kappa shape index (κ2) is 3.34. The zero-order valence-electron chi connectivity index (χ0n) is 8.84. The maximum absolute atomic E-state index is 13.7. The summed E-state index contributed by atoms with van der Waals surface area (Å²) in [6.45, 7) is 3.97. The molecule has 0 amide bonds. The Bertz CT molecular complexity index is 513. The molecule has 0 saturated heterocycles. The number of nitrogens with two attached hydrogens (primary N) is 1. The lowest BCUT2D eigenvalue weighted by Gasteiger charge is -1.95. The van der Waals surface area contributed by atoms with Crippen molar-refractivity contribution in [1.82, 2.24) is 9.78 Å². The summed E-state index contributed by atoms with van der Waals surface area (Å²) >= 11 is 1.59. The second-order valence-electron chi connectivity index (χ2n) is 3.50. The van der Waals surface area contributed by atoms with Crippen LogP contribution in [0.4, 0.5) is 10.2 Å². The van der Waals surface area contributed by atoms with Crippen LogP contribution in [0.5, 0.6) is 0 Å². The van der Waals surface area contributed by atoms with Crippen molar-refractivity contribution in [2.45, 2.75) is 13.8 Å². The van der Waals surface area contributed by atoms with Gasteiger partial charge in [-0.3, -0.25) is 0 Å². The lowest BCUT2D eigenvalue weighted by molar-refractivity contribution is 0.634.